The molecule has 0 unspecified atom stereocenters. The van der Waals surface area contributed by atoms with Crippen molar-refractivity contribution in [1.82, 2.24) is 0 Å². The van der Waals surface area contributed by atoms with Gasteiger partial charge < -0.3 is 0 Å². The number of nitrogens with zero attached hydrogens (tertiary/aromatic N) is 1. The zero-order valence-electron chi connectivity index (χ0n) is 13.6. The third kappa shape index (κ3) is 4.26. The van der Waals surface area contributed by atoms with Gasteiger partial charge in [0.15, 0.2) is 0 Å². The third-order valence-electron chi connectivity index (χ3n) is 3.48. The molecule has 1 N–H and O–H groups in total. The Morgan fingerprint density at radius 3 is 2.20 bits per heavy atom. The highest BCUT2D eigenvalue weighted by Crippen LogP contribution is 2.30. The van der Waals surface area contributed by atoms with Gasteiger partial charge in [-0.15, -0.1) is 0 Å². The van der Waals surface area contributed by atoms with Gasteiger partial charge in [0.1, 0.15) is 11.6 Å². The second-order valence-electron chi connectivity index (χ2n) is 5.41. The maximum Gasteiger partial charge on any atom is 0.261 e. The fourth-order valence-corrected chi connectivity index (χ4v) is 3.70. The number of rotatable bonds is 5. The van der Waals surface area contributed by atoms with Crippen LogP contribution in [0.4, 0.5) is 20.2 Å². The van der Waals surface area contributed by atoms with Crippen LogP contribution in [-0.4, -0.2) is 30.1 Å². The molecule has 0 aliphatic carbocycles. The monoisotopic (exact) mass is 390 g/mol. The first-order chi connectivity index (χ1) is 11.4. The van der Waals surface area contributed by atoms with Gasteiger partial charge in [-0.1, -0.05) is 0 Å². The minimum absolute atomic E-state index is 0.0497. The van der Waals surface area contributed by atoms with Crippen LogP contribution in [0.5, 0.6) is 0 Å². The van der Waals surface area contributed by atoms with Crippen LogP contribution < -0.4 is 9.03 Å². The van der Waals surface area contributed by atoms with Crippen molar-refractivity contribution in [2.24, 2.45) is 0 Å². The predicted molar refractivity (Wildman–Crippen MR) is 91.6 cm³/mol. The number of hydrogen-bond donors (Lipinski definition) is 1. The Morgan fingerprint density at radius 1 is 1.00 bits per heavy atom. The molecule has 0 heterocycles. The molecule has 0 amide bonds. The summed E-state index contributed by atoms with van der Waals surface area (Å²) in [6.45, 7) is 1.40. The second kappa shape index (κ2) is 6.60. The van der Waals surface area contributed by atoms with Crippen LogP contribution in [-0.2, 0) is 20.0 Å². The molecule has 2 rings (SSSR count). The van der Waals surface area contributed by atoms with E-state index in [9.17, 15) is 25.6 Å². The molecule has 0 bridgehead atoms. The van der Waals surface area contributed by atoms with Gasteiger partial charge in [0.2, 0.25) is 10.0 Å². The van der Waals surface area contributed by atoms with Crippen molar-refractivity contribution in [2.75, 3.05) is 22.3 Å². The molecular formula is C15H16F2N2O4S2. The standard InChI is InChI=1S/C15H16F2N2O4S2/c1-10-8-12(5-6-13(10)17)25(22,23)18-14-9-11(16)4-7-15(14)19(2)24(3,20)21/h4-9,18H,1-3H3. The van der Waals surface area contributed by atoms with E-state index in [-0.39, 0.29) is 21.8 Å². The number of halogens is 2. The molecular weight excluding hydrogens is 374 g/mol. The summed E-state index contributed by atoms with van der Waals surface area (Å²) in [5.74, 6) is -1.32. The molecule has 0 atom stereocenters. The summed E-state index contributed by atoms with van der Waals surface area (Å²) in [4.78, 5) is -0.233. The fourth-order valence-electron chi connectivity index (χ4n) is 2.03. The van der Waals surface area contributed by atoms with E-state index in [1.54, 1.807) is 0 Å². The van der Waals surface area contributed by atoms with Gasteiger partial charge in [-0.05, 0) is 42.8 Å². The number of benzene rings is 2. The maximum atomic E-state index is 13.5. The summed E-state index contributed by atoms with van der Waals surface area (Å²) in [5, 5.41) is 0. The van der Waals surface area contributed by atoms with Crippen LogP contribution in [0.25, 0.3) is 0 Å². The van der Waals surface area contributed by atoms with Gasteiger partial charge in [-0.3, -0.25) is 9.03 Å². The highest BCUT2D eigenvalue weighted by molar-refractivity contribution is 7.93. The average Bonchev–Trinajstić information content (AvgIpc) is 2.48. The summed E-state index contributed by atoms with van der Waals surface area (Å²) in [6, 6.07) is 6.20. The van der Waals surface area contributed by atoms with Crippen LogP contribution in [0.3, 0.4) is 0 Å². The highest BCUT2D eigenvalue weighted by atomic mass is 32.2. The van der Waals surface area contributed by atoms with Gasteiger partial charge >= 0.3 is 0 Å². The Kier molecular flexibility index (Phi) is 5.05. The van der Waals surface area contributed by atoms with E-state index in [1.165, 1.54) is 14.0 Å². The Morgan fingerprint density at radius 2 is 1.64 bits per heavy atom. The van der Waals surface area contributed by atoms with E-state index in [2.05, 4.69) is 4.72 Å². The van der Waals surface area contributed by atoms with Crippen LogP contribution >= 0.6 is 0 Å². The molecule has 0 aliphatic rings. The van der Waals surface area contributed by atoms with Gasteiger partial charge in [-0.25, -0.2) is 25.6 Å². The van der Waals surface area contributed by atoms with Crippen molar-refractivity contribution in [3.05, 3.63) is 53.6 Å². The molecule has 6 nitrogen and oxygen atoms in total. The first-order valence-corrected chi connectivity index (χ1v) is 10.3. The Balaban J connectivity index is 2.52. The largest absolute Gasteiger partial charge is 0.277 e. The normalized spacial score (nSPS) is 12.0. The Labute approximate surface area is 145 Å². The molecule has 10 heteroatoms. The zero-order valence-corrected chi connectivity index (χ0v) is 15.2. The molecule has 0 fully saturated rings. The summed E-state index contributed by atoms with van der Waals surface area (Å²) in [6.07, 6.45) is 0.929. The van der Waals surface area contributed by atoms with Crippen molar-refractivity contribution >= 4 is 31.4 Å². The van der Waals surface area contributed by atoms with Gasteiger partial charge in [0.25, 0.3) is 10.0 Å². The minimum Gasteiger partial charge on any atom is -0.277 e. The topological polar surface area (TPSA) is 83.6 Å². The maximum absolute atomic E-state index is 13.5. The summed E-state index contributed by atoms with van der Waals surface area (Å²) >= 11 is 0. The Hall–Kier alpha value is -2.20. The number of aryl methyl sites for hydroxylation is 1. The van der Waals surface area contributed by atoms with Crippen molar-refractivity contribution in [3.8, 4) is 0 Å². The molecule has 136 valence electrons. The first kappa shape index (κ1) is 19.1. The fraction of sp³-hybridized carbons (Fsp3) is 0.200. The minimum atomic E-state index is -4.18. The predicted octanol–water partition coefficient (Wildman–Crippen LogP) is 2.47. The summed E-state index contributed by atoms with van der Waals surface area (Å²) < 4.78 is 78.2. The number of hydrogen-bond acceptors (Lipinski definition) is 4. The second-order valence-corrected chi connectivity index (χ2v) is 9.10. The molecule has 0 spiro atoms. The lowest BCUT2D eigenvalue weighted by atomic mass is 10.2. The molecule has 0 aliphatic heterocycles. The van der Waals surface area contributed by atoms with Crippen molar-refractivity contribution < 1.29 is 25.6 Å². The number of nitrogens with one attached hydrogen (secondary N) is 1. The smallest absolute Gasteiger partial charge is 0.261 e. The number of sulfonamides is 2. The van der Waals surface area contributed by atoms with E-state index >= 15 is 0 Å². The highest BCUT2D eigenvalue weighted by Gasteiger charge is 2.21. The van der Waals surface area contributed by atoms with E-state index in [4.69, 9.17) is 0 Å². The molecule has 25 heavy (non-hydrogen) atoms. The quantitative estimate of drug-likeness (QED) is 0.850. The van der Waals surface area contributed by atoms with Crippen molar-refractivity contribution in [3.63, 3.8) is 0 Å². The van der Waals surface area contributed by atoms with E-state index in [1.807, 2.05) is 0 Å². The summed E-state index contributed by atoms with van der Waals surface area (Å²) in [5.41, 5.74) is -0.184. The van der Waals surface area contributed by atoms with E-state index in [0.717, 1.165) is 47.0 Å². The Bertz CT molecular complexity index is 1020. The van der Waals surface area contributed by atoms with E-state index in [0.29, 0.717) is 0 Å². The van der Waals surface area contributed by atoms with Gasteiger partial charge in [0, 0.05) is 13.1 Å². The van der Waals surface area contributed by atoms with Crippen LogP contribution in [0.2, 0.25) is 0 Å². The molecule has 0 saturated carbocycles. The van der Waals surface area contributed by atoms with Crippen LogP contribution in [0, 0.1) is 18.6 Å². The first-order valence-electron chi connectivity index (χ1n) is 6.94. The molecule has 0 saturated heterocycles. The third-order valence-corrected chi connectivity index (χ3v) is 6.03. The van der Waals surface area contributed by atoms with E-state index < -0.39 is 31.7 Å². The molecule has 0 aromatic heterocycles. The zero-order chi connectivity index (χ0) is 19.0. The SMILES string of the molecule is Cc1cc(S(=O)(=O)Nc2cc(F)ccc2N(C)S(C)(=O)=O)ccc1F. The molecule has 2 aromatic rings. The summed E-state index contributed by atoms with van der Waals surface area (Å²) in [7, 11) is -6.66. The van der Waals surface area contributed by atoms with Gasteiger partial charge in [0.05, 0.1) is 22.5 Å². The lowest BCUT2D eigenvalue weighted by Gasteiger charge is -2.21. The van der Waals surface area contributed by atoms with Crippen molar-refractivity contribution in [1.29, 1.82) is 0 Å². The molecule has 2 aromatic carbocycles. The average molecular weight is 390 g/mol. The van der Waals surface area contributed by atoms with Crippen LogP contribution in [0.15, 0.2) is 41.3 Å². The lowest BCUT2D eigenvalue weighted by molar-refractivity contribution is 0.596. The number of anilines is 2. The lowest BCUT2D eigenvalue weighted by Crippen LogP contribution is -2.26. The van der Waals surface area contributed by atoms with Crippen LogP contribution in [0.1, 0.15) is 5.56 Å². The van der Waals surface area contributed by atoms with Crippen molar-refractivity contribution in [2.45, 2.75) is 11.8 Å². The molecule has 0 radical (unpaired) electrons. The van der Waals surface area contributed by atoms with Gasteiger partial charge in [-0.2, -0.15) is 0 Å².